The number of carbonyl (C=O) groups excluding carboxylic acids is 1. The van der Waals surface area contributed by atoms with Crippen LogP contribution in [0, 0.1) is 29.6 Å². The van der Waals surface area contributed by atoms with Gasteiger partial charge in [-0.05, 0) is 31.1 Å². The van der Waals surface area contributed by atoms with Crippen LogP contribution in [-0.4, -0.2) is 12.5 Å². The van der Waals surface area contributed by atoms with E-state index in [0.29, 0.717) is 12.5 Å². The topological polar surface area (TPSA) is 29.1 Å². The Kier molecular flexibility index (Phi) is 10.3. The Morgan fingerprint density at radius 3 is 2.72 bits per heavy atom. The fourth-order valence-corrected chi connectivity index (χ4v) is 1.01. The third-order valence-electron chi connectivity index (χ3n) is 1.89. The van der Waals surface area contributed by atoms with Crippen LogP contribution in [0.5, 0.6) is 0 Å². The van der Waals surface area contributed by atoms with Crippen molar-refractivity contribution in [2.24, 2.45) is 5.92 Å². The first-order valence-electron chi connectivity index (χ1n) is 6.17. The van der Waals surface area contributed by atoms with Crippen LogP contribution < -0.4 is 5.32 Å². The first-order valence-corrected chi connectivity index (χ1v) is 6.17. The lowest BCUT2D eigenvalue weighted by Gasteiger charge is -2.03. The zero-order valence-corrected chi connectivity index (χ0v) is 11.4. The number of carbonyl (C=O) groups is 1. The highest BCUT2D eigenvalue weighted by Gasteiger charge is 1.95. The van der Waals surface area contributed by atoms with Gasteiger partial charge in [-0.2, -0.15) is 0 Å². The molecule has 0 rings (SSSR count). The van der Waals surface area contributed by atoms with Crippen molar-refractivity contribution in [1.29, 1.82) is 0 Å². The molecule has 96 valence electrons. The molecule has 0 aromatic heterocycles. The van der Waals surface area contributed by atoms with Gasteiger partial charge in [0.05, 0.1) is 0 Å². The van der Waals surface area contributed by atoms with Gasteiger partial charge in [-0.25, -0.2) is 0 Å². The van der Waals surface area contributed by atoms with Crippen molar-refractivity contribution in [3.63, 3.8) is 0 Å². The summed E-state index contributed by atoms with van der Waals surface area (Å²) in [5.41, 5.74) is 0. The van der Waals surface area contributed by atoms with E-state index >= 15 is 0 Å². The minimum atomic E-state index is -0.0497. The molecule has 0 spiro atoms. The highest BCUT2D eigenvalue weighted by molar-refractivity contribution is 5.87. The van der Waals surface area contributed by atoms with E-state index in [4.69, 9.17) is 0 Å². The molecular weight excluding hydrogens is 222 g/mol. The molecule has 0 heterocycles. The van der Waals surface area contributed by atoms with Crippen LogP contribution in [0.2, 0.25) is 0 Å². The molecule has 0 aromatic carbocycles. The van der Waals surface area contributed by atoms with Crippen LogP contribution in [0.15, 0.2) is 24.3 Å². The average molecular weight is 243 g/mol. The molecule has 0 aliphatic carbocycles. The number of amides is 1. The Bertz CT molecular complexity index is 408. The van der Waals surface area contributed by atoms with Gasteiger partial charge in [0.15, 0.2) is 0 Å². The van der Waals surface area contributed by atoms with Gasteiger partial charge in [-0.15, -0.1) is 0 Å². The summed E-state index contributed by atoms with van der Waals surface area (Å²) < 4.78 is 0. The second-order valence-electron chi connectivity index (χ2n) is 4.14. The molecule has 2 nitrogen and oxygen atoms in total. The van der Waals surface area contributed by atoms with Gasteiger partial charge < -0.3 is 5.32 Å². The van der Waals surface area contributed by atoms with Gasteiger partial charge in [0.1, 0.15) is 0 Å². The van der Waals surface area contributed by atoms with Crippen molar-refractivity contribution in [3.05, 3.63) is 24.3 Å². The number of hydrogen-bond acceptors (Lipinski definition) is 1. The standard InChI is InChI=1S/C16H21NO/c1-4-5-6-7-8-9-10-11-12-13-16(18)17-14-15(2)3/h10-13,15H,8-9,14H2,1-3H3,(H,17,18)/b11-10?,13-12+. The number of unbranched alkanes of at least 4 members (excludes halogenated alkanes) is 1. The van der Waals surface area contributed by atoms with Gasteiger partial charge in [-0.1, -0.05) is 43.9 Å². The minimum Gasteiger partial charge on any atom is -0.352 e. The van der Waals surface area contributed by atoms with E-state index in [1.54, 1.807) is 13.0 Å². The van der Waals surface area contributed by atoms with E-state index in [1.165, 1.54) is 6.08 Å². The van der Waals surface area contributed by atoms with E-state index in [1.807, 2.05) is 12.2 Å². The SMILES string of the molecule is CC#CC#CCCC=C/C=C/C(=O)NCC(C)C. The molecule has 0 aromatic rings. The van der Waals surface area contributed by atoms with Gasteiger partial charge in [0.2, 0.25) is 5.91 Å². The summed E-state index contributed by atoms with van der Waals surface area (Å²) in [5.74, 6) is 11.5. The Morgan fingerprint density at radius 1 is 1.28 bits per heavy atom. The first kappa shape index (κ1) is 16.1. The largest absolute Gasteiger partial charge is 0.352 e. The Labute approximate surface area is 111 Å². The van der Waals surface area contributed by atoms with Crippen LogP contribution in [0.3, 0.4) is 0 Å². The summed E-state index contributed by atoms with van der Waals surface area (Å²) in [6, 6.07) is 0. The number of rotatable bonds is 6. The molecule has 1 amide bonds. The van der Waals surface area contributed by atoms with Crippen molar-refractivity contribution in [2.45, 2.75) is 33.6 Å². The monoisotopic (exact) mass is 243 g/mol. The summed E-state index contributed by atoms with van der Waals surface area (Å²) in [4.78, 5) is 11.3. The summed E-state index contributed by atoms with van der Waals surface area (Å²) in [7, 11) is 0. The summed E-state index contributed by atoms with van der Waals surface area (Å²) in [6.45, 7) is 6.60. The molecule has 0 fully saturated rings. The van der Waals surface area contributed by atoms with Gasteiger partial charge in [0.25, 0.3) is 0 Å². The third-order valence-corrected chi connectivity index (χ3v) is 1.89. The lowest BCUT2D eigenvalue weighted by atomic mass is 10.2. The minimum absolute atomic E-state index is 0.0497. The molecule has 0 unspecified atom stereocenters. The zero-order chi connectivity index (χ0) is 13.6. The van der Waals surface area contributed by atoms with Crippen LogP contribution in [0.25, 0.3) is 0 Å². The lowest BCUT2D eigenvalue weighted by molar-refractivity contribution is -0.116. The third kappa shape index (κ3) is 12.1. The molecule has 0 aliphatic rings. The highest BCUT2D eigenvalue weighted by Crippen LogP contribution is 1.90. The fourth-order valence-electron chi connectivity index (χ4n) is 1.01. The van der Waals surface area contributed by atoms with E-state index < -0.39 is 0 Å². The second-order valence-corrected chi connectivity index (χ2v) is 4.14. The van der Waals surface area contributed by atoms with E-state index in [2.05, 4.69) is 42.8 Å². The van der Waals surface area contributed by atoms with Gasteiger partial charge in [-0.3, -0.25) is 4.79 Å². The average Bonchev–Trinajstić information content (AvgIpc) is 2.34. The summed E-state index contributed by atoms with van der Waals surface area (Å²) >= 11 is 0. The van der Waals surface area contributed by atoms with Gasteiger partial charge in [0, 0.05) is 19.0 Å². The Hall–Kier alpha value is -1.93. The van der Waals surface area contributed by atoms with Crippen LogP contribution >= 0.6 is 0 Å². The maximum atomic E-state index is 11.3. The molecular formula is C16H21NO. The maximum Gasteiger partial charge on any atom is 0.243 e. The van der Waals surface area contributed by atoms with Crippen molar-refractivity contribution in [2.75, 3.05) is 6.54 Å². The molecule has 2 heteroatoms. The van der Waals surface area contributed by atoms with Crippen molar-refractivity contribution in [3.8, 4) is 23.7 Å². The predicted molar refractivity (Wildman–Crippen MR) is 76.6 cm³/mol. The smallest absolute Gasteiger partial charge is 0.243 e. The van der Waals surface area contributed by atoms with E-state index in [-0.39, 0.29) is 5.91 Å². The maximum absolute atomic E-state index is 11.3. The lowest BCUT2D eigenvalue weighted by Crippen LogP contribution is -2.25. The summed E-state index contributed by atoms with van der Waals surface area (Å²) in [5, 5.41) is 2.81. The van der Waals surface area contributed by atoms with Crippen molar-refractivity contribution < 1.29 is 4.79 Å². The predicted octanol–water partition coefficient (Wildman–Crippen LogP) is 2.68. The molecule has 0 radical (unpaired) electrons. The molecule has 1 N–H and O–H groups in total. The molecule has 0 aliphatic heterocycles. The first-order chi connectivity index (χ1) is 8.66. The summed E-state index contributed by atoms with van der Waals surface area (Å²) in [6.07, 6.45) is 8.79. The fraction of sp³-hybridized carbons (Fsp3) is 0.438. The molecule has 0 bridgehead atoms. The zero-order valence-electron chi connectivity index (χ0n) is 11.4. The quantitative estimate of drug-likeness (QED) is 0.330. The number of allylic oxidation sites excluding steroid dienone is 3. The molecule has 18 heavy (non-hydrogen) atoms. The second kappa shape index (κ2) is 11.6. The Morgan fingerprint density at radius 2 is 2.06 bits per heavy atom. The number of nitrogens with one attached hydrogen (secondary N) is 1. The van der Waals surface area contributed by atoms with Crippen LogP contribution in [-0.2, 0) is 4.79 Å². The van der Waals surface area contributed by atoms with E-state index in [9.17, 15) is 4.79 Å². The Balaban J connectivity index is 3.71. The molecule has 0 atom stereocenters. The molecule has 0 saturated heterocycles. The van der Waals surface area contributed by atoms with E-state index in [0.717, 1.165) is 12.8 Å². The van der Waals surface area contributed by atoms with Gasteiger partial charge >= 0.3 is 0 Å². The molecule has 0 saturated carbocycles. The van der Waals surface area contributed by atoms with Crippen molar-refractivity contribution in [1.82, 2.24) is 5.32 Å². The normalized spacial score (nSPS) is 10.0. The highest BCUT2D eigenvalue weighted by atomic mass is 16.1. The van der Waals surface area contributed by atoms with Crippen LogP contribution in [0.1, 0.15) is 33.6 Å². The number of hydrogen-bond donors (Lipinski definition) is 1. The van der Waals surface area contributed by atoms with Crippen molar-refractivity contribution >= 4 is 5.91 Å². The van der Waals surface area contributed by atoms with Crippen LogP contribution in [0.4, 0.5) is 0 Å².